The van der Waals surface area contributed by atoms with E-state index in [0.717, 1.165) is 4.74 Å². The van der Waals surface area contributed by atoms with Crippen molar-refractivity contribution in [2.24, 2.45) is 0 Å². The van der Waals surface area contributed by atoms with Crippen LogP contribution in [0.25, 0.3) is 0 Å². The molecule has 0 unspecified atom stereocenters. The van der Waals surface area contributed by atoms with E-state index < -0.39 is 8.32 Å². The Morgan fingerprint density at radius 2 is 1.39 bits per heavy atom. The van der Waals surface area contributed by atoms with Crippen LogP contribution in [0, 0.1) is 5.21 Å². The number of rotatable bonds is 5. The maximum Gasteiger partial charge on any atom is 0.261 e. The van der Waals surface area contributed by atoms with Gasteiger partial charge in [0.2, 0.25) is 0 Å². The Hall–Kier alpha value is -1.91. The lowest BCUT2D eigenvalue weighted by atomic mass is 10.2. The summed E-state index contributed by atoms with van der Waals surface area (Å²) in [5.41, 5.74) is 0. The highest BCUT2D eigenvalue weighted by Crippen LogP contribution is 2.36. The van der Waals surface area contributed by atoms with Crippen molar-refractivity contribution in [3.63, 3.8) is 0 Å². The summed E-state index contributed by atoms with van der Waals surface area (Å²) in [5, 5.41) is 13.6. The molecule has 0 atom stereocenters. The zero-order valence-corrected chi connectivity index (χ0v) is 15.3. The molecule has 0 heterocycles. The van der Waals surface area contributed by atoms with Gasteiger partial charge in [-0.2, -0.15) is 0 Å². The largest absolute Gasteiger partial charge is 0.624 e. The fraction of sp³-hybridized carbons (Fsp3) is 0.316. The Morgan fingerprint density at radius 1 is 0.957 bits per heavy atom. The molecule has 0 fully saturated rings. The molecule has 0 aliphatic rings. The van der Waals surface area contributed by atoms with Crippen LogP contribution in [0.3, 0.4) is 0 Å². The van der Waals surface area contributed by atoms with Crippen molar-refractivity contribution in [3.8, 4) is 0 Å². The van der Waals surface area contributed by atoms with Crippen LogP contribution in [0.1, 0.15) is 20.8 Å². The van der Waals surface area contributed by atoms with E-state index in [-0.39, 0.29) is 5.04 Å². The summed E-state index contributed by atoms with van der Waals surface area (Å²) in [6, 6.07) is 20.8. The molecule has 0 radical (unpaired) electrons. The smallest absolute Gasteiger partial charge is 0.261 e. The van der Waals surface area contributed by atoms with Crippen molar-refractivity contribution in [1.29, 1.82) is 0 Å². The number of hydrogen-bond acceptors (Lipinski definition) is 2. The van der Waals surface area contributed by atoms with Crippen LogP contribution < -0.4 is 10.4 Å². The minimum absolute atomic E-state index is 0.0645. The highest BCUT2D eigenvalue weighted by Gasteiger charge is 2.50. The van der Waals surface area contributed by atoms with Gasteiger partial charge in [-0.1, -0.05) is 81.4 Å². The molecule has 2 aromatic carbocycles. The molecule has 0 amide bonds. The van der Waals surface area contributed by atoms with Crippen molar-refractivity contribution in [2.45, 2.75) is 25.8 Å². The lowest BCUT2D eigenvalue weighted by molar-refractivity contribution is -0.419. The average Bonchev–Trinajstić information content (AvgIpc) is 2.52. The second-order valence-electron chi connectivity index (χ2n) is 6.70. The van der Waals surface area contributed by atoms with Crippen molar-refractivity contribution >= 4 is 24.9 Å². The fourth-order valence-corrected chi connectivity index (χ4v) is 7.51. The number of nitrogens with zero attached hydrogens (tertiary/aromatic N) is 1. The van der Waals surface area contributed by atoms with Gasteiger partial charge in [0.25, 0.3) is 8.32 Å². The van der Waals surface area contributed by atoms with E-state index in [1.54, 1.807) is 6.21 Å². The van der Waals surface area contributed by atoms with Crippen LogP contribution in [-0.4, -0.2) is 32.9 Å². The number of benzene rings is 2. The van der Waals surface area contributed by atoms with Crippen molar-refractivity contribution in [2.75, 3.05) is 13.7 Å². The summed E-state index contributed by atoms with van der Waals surface area (Å²) in [6.45, 7) is 6.98. The molecule has 0 N–H and O–H groups in total. The van der Waals surface area contributed by atoms with Crippen molar-refractivity contribution in [1.82, 2.24) is 0 Å². The summed E-state index contributed by atoms with van der Waals surface area (Å²) in [5.74, 6) is 0. The highest BCUT2D eigenvalue weighted by atomic mass is 28.4. The van der Waals surface area contributed by atoms with Crippen LogP contribution in [-0.2, 0) is 4.43 Å². The van der Waals surface area contributed by atoms with Crippen molar-refractivity contribution in [3.05, 3.63) is 65.9 Å². The standard InChI is InChI=1S/C19H25NO2Si/c1-19(2,3)23(22-16-15-20(4)21,17-11-7-5-8-12-17)18-13-9-6-10-14-18/h5-15H,16H2,1-4H3/b20-15-. The zero-order valence-electron chi connectivity index (χ0n) is 14.3. The maximum absolute atomic E-state index is 11.2. The summed E-state index contributed by atoms with van der Waals surface area (Å²) in [4.78, 5) is 0. The van der Waals surface area contributed by atoms with E-state index in [2.05, 4.69) is 69.3 Å². The molecular weight excluding hydrogens is 302 g/mol. The van der Waals surface area contributed by atoms with Gasteiger partial charge >= 0.3 is 0 Å². The van der Waals surface area contributed by atoms with Gasteiger partial charge in [-0.3, -0.25) is 0 Å². The maximum atomic E-state index is 11.2. The number of hydrogen-bond donors (Lipinski definition) is 0. The van der Waals surface area contributed by atoms with Gasteiger partial charge in [0.15, 0.2) is 6.21 Å². The monoisotopic (exact) mass is 327 g/mol. The molecule has 0 saturated carbocycles. The van der Waals surface area contributed by atoms with Gasteiger partial charge in [-0.25, -0.2) is 4.74 Å². The topological polar surface area (TPSA) is 35.3 Å². The average molecular weight is 328 g/mol. The Morgan fingerprint density at radius 3 is 1.74 bits per heavy atom. The predicted octanol–water partition coefficient (Wildman–Crippen LogP) is 2.77. The molecule has 0 bridgehead atoms. The minimum atomic E-state index is -2.51. The van der Waals surface area contributed by atoms with E-state index in [0.29, 0.717) is 6.61 Å². The van der Waals surface area contributed by atoms with Crippen molar-refractivity contribution < 1.29 is 9.16 Å². The van der Waals surface area contributed by atoms with E-state index in [9.17, 15) is 5.21 Å². The number of hydroxylamine groups is 1. The Balaban J connectivity index is 2.62. The first-order valence-corrected chi connectivity index (χ1v) is 9.77. The van der Waals surface area contributed by atoms with Crippen LogP contribution >= 0.6 is 0 Å². The fourth-order valence-electron chi connectivity index (χ4n) is 3.03. The Labute approximate surface area is 140 Å². The van der Waals surface area contributed by atoms with Gasteiger partial charge in [0.05, 0.1) is 0 Å². The van der Waals surface area contributed by atoms with E-state index >= 15 is 0 Å². The van der Waals surface area contributed by atoms with E-state index in [1.807, 2.05) is 12.1 Å². The summed E-state index contributed by atoms with van der Waals surface area (Å²) >= 11 is 0. The first-order chi connectivity index (χ1) is 10.9. The zero-order chi connectivity index (χ0) is 16.9. The molecule has 3 nitrogen and oxygen atoms in total. The lowest BCUT2D eigenvalue weighted by Gasteiger charge is -2.42. The minimum Gasteiger partial charge on any atom is -0.624 e. The second kappa shape index (κ2) is 7.11. The van der Waals surface area contributed by atoms with Crippen LogP contribution in [0.4, 0.5) is 0 Å². The summed E-state index contributed by atoms with van der Waals surface area (Å²) in [6.07, 6.45) is 1.54. The van der Waals surface area contributed by atoms with Crippen LogP contribution in [0.5, 0.6) is 0 Å². The SMILES string of the molecule is C/[N+]([O-])=C/CO[Si](c1ccccc1)(c1ccccc1)C(C)(C)C. The molecular formula is C19H25NO2Si. The molecule has 0 aliphatic heterocycles. The Kier molecular flexibility index (Phi) is 5.39. The quantitative estimate of drug-likeness (QED) is 0.278. The van der Waals surface area contributed by atoms with Gasteiger partial charge in [-0.05, 0) is 15.4 Å². The second-order valence-corrected chi connectivity index (χ2v) is 11.0. The van der Waals surface area contributed by atoms with Gasteiger partial charge in [-0.15, -0.1) is 0 Å². The molecule has 0 spiro atoms. The molecule has 0 aromatic heterocycles. The normalized spacial score (nSPS) is 13.1. The van der Waals surface area contributed by atoms with E-state index in [1.165, 1.54) is 17.4 Å². The van der Waals surface area contributed by atoms with Gasteiger partial charge in [0.1, 0.15) is 13.7 Å². The third-order valence-corrected chi connectivity index (χ3v) is 9.05. The molecule has 0 saturated heterocycles. The molecule has 23 heavy (non-hydrogen) atoms. The third kappa shape index (κ3) is 3.71. The predicted molar refractivity (Wildman–Crippen MR) is 99.2 cm³/mol. The third-order valence-electron chi connectivity index (χ3n) is 4.05. The first-order valence-electron chi connectivity index (χ1n) is 7.86. The van der Waals surface area contributed by atoms with Gasteiger partial charge in [0, 0.05) is 0 Å². The van der Waals surface area contributed by atoms with Crippen LogP contribution in [0.2, 0.25) is 5.04 Å². The molecule has 4 heteroatoms. The van der Waals surface area contributed by atoms with E-state index in [4.69, 9.17) is 4.43 Å². The first kappa shape index (κ1) is 17.4. The summed E-state index contributed by atoms with van der Waals surface area (Å²) in [7, 11) is -1.03. The molecule has 122 valence electrons. The van der Waals surface area contributed by atoms with Gasteiger partial charge < -0.3 is 9.63 Å². The summed E-state index contributed by atoms with van der Waals surface area (Å²) < 4.78 is 7.32. The lowest BCUT2D eigenvalue weighted by Crippen LogP contribution is -2.66. The molecule has 2 rings (SSSR count). The molecule has 2 aromatic rings. The highest BCUT2D eigenvalue weighted by molar-refractivity contribution is 6.99. The van der Waals surface area contributed by atoms with Crippen LogP contribution in [0.15, 0.2) is 60.7 Å². The Bertz CT molecular complexity index is 605. The molecule has 0 aliphatic carbocycles.